The van der Waals surface area contributed by atoms with Crippen molar-refractivity contribution in [2.45, 2.75) is 0 Å². The minimum Gasteiger partial charge on any atom is -0.493 e. The summed E-state index contributed by atoms with van der Waals surface area (Å²) in [6.45, 7) is 2.43. The number of carbonyl (C=O) groups is 1. The van der Waals surface area contributed by atoms with Gasteiger partial charge in [0.15, 0.2) is 11.5 Å². The number of aromatic nitrogens is 2. The first kappa shape index (κ1) is 20.0. The fourth-order valence-corrected chi connectivity index (χ4v) is 3.68. The number of nitrogens with zero attached hydrogens (tertiary/aromatic N) is 4. The van der Waals surface area contributed by atoms with E-state index in [1.807, 2.05) is 24.3 Å². The van der Waals surface area contributed by atoms with Crippen LogP contribution in [0.15, 0.2) is 42.7 Å². The molecule has 30 heavy (non-hydrogen) atoms. The molecule has 1 saturated heterocycles. The summed E-state index contributed by atoms with van der Waals surface area (Å²) in [6.07, 6.45) is 1.54. The van der Waals surface area contributed by atoms with Gasteiger partial charge in [0, 0.05) is 37.6 Å². The molecule has 3 aromatic rings. The summed E-state index contributed by atoms with van der Waals surface area (Å²) in [5, 5.41) is 4.27. The number of halogens is 1. The van der Waals surface area contributed by atoms with Gasteiger partial charge in [-0.05, 0) is 18.2 Å². The number of ether oxygens (including phenoxy) is 2. The molecule has 8 nitrogen and oxygen atoms in total. The molecular formula is C21H22ClN5O3. The van der Waals surface area contributed by atoms with Crippen LogP contribution in [0.25, 0.3) is 10.9 Å². The highest BCUT2D eigenvalue weighted by molar-refractivity contribution is 6.33. The molecule has 1 aromatic heterocycles. The van der Waals surface area contributed by atoms with Crippen LogP contribution in [0.3, 0.4) is 0 Å². The molecule has 1 aliphatic rings. The third-order valence-electron chi connectivity index (χ3n) is 5.10. The number of benzene rings is 2. The van der Waals surface area contributed by atoms with Gasteiger partial charge in [0.25, 0.3) is 0 Å². The Morgan fingerprint density at radius 3 is 2.43 bits per heavy atom. The predicted octanol–water partition coefficient (Wildman–Crippen LogP) is 3.65. The van der Waals surface area contributed by atoms with Crippen molar-refractivity contribution < 1.29 is 14.3 Å². The van der Waals surface area contributed by atoms with Crippen molar-refractivity contribution in [2.24, 2.45) is 0 Å². The maximum Gasteiger partial charge on any atom is 0.322 e. The van der Waals surface area contributed by atoms with Gasteiger partial charge in [-0.25, -0.2) is 14.8 Å². The summed E-state index contributed by atoms with van der Waals surface area (Å²) in [5.41, 5.74) is 1.38. The Bertz CT molecular complexity index is 1070. The Labute approximate surface area is 179 Å². The number of piperazine rings is 1. The van der Waals surface area contributed by atoms with E-state index >= 15 is 0 Å². The molecule has 0 bridgehead atoms. The first-order chi connectivity index (χ1) is 14.6. The van der Waals surface area contributed by atoms with E-state index in [-0.39, 0.29) is 6.03 Å². The van der Waals surface area contributed by atoms with E-state index in [1.165, 1.54) is 0 Å². The molecule has 2 heterocycles. The number of fused-ring (bicyclic) bond motifs is 1. The van der Waals surface area contributed by atoms with Crippen LogP contribution >= 0.6 is 11.6 Å². The summed E-state index contributed by atoms with van der Waals surface area (Å²) >= 11 is 6.14. The van der Waals surface area contributed by atoms with E-state index in [2.05, 4.69) is 20.2 Å². The number of urea groups is 1. The van der Waals surface area contributed by atoms with Crippen LogP contribution in [0.1, 0.15) is 0 Å². The van der Waals surface area contributed by atoms with E-state index in [0.29, 0.717) is 48.4 Å². The Hall–Kier alpha value is -3.26. The number of hydrogen-bond donors (Lipinski definition) is 1. The van der Waals surface area contributed by atoms with Gasteiger partial charge in [0.1, 0.15) is 12.1 Å². The van der Waals surface area contributed by atoms with Gasteiger partial charge in [-0.3, -0.25) is 0 Å². The minimum absolute atomic E-state index is 0.165. The SMILES string of the molecule is COc1cc2ncnc(N3CCN(C(=O)Nc4ccccc4Cl)CC3)c2cc1OC. The van der Waals surface area contributed by atoms with Crippen LogP contribution in [0.5, 0.6) is 11.5 Å². The Balaban J connectivity index is 1.49. The number of nitrogens with one attached hydrogen (secondary N) is 1. The summed E-state index contributed by atoms with van der Waals surface area (Å²) in [6, 6.07) is 10.8. The van der Waals surface area contributed by atoms with Crippen LogP contribution in [0.2, 0.25) is 5.02 Å². The Kier molecular flexibility index (Phi) is 5.76. The van der Waals surface area contributed by atoms with Crippen molar-refractivity contribution in [1.82, 2.24) is 14.9 Å². The van der Waals surface area contributed by atoms with Crippen molar-refractivity contribution in [3.63, 3.8) is 0 Å². The van der Waals surface area contributed by atoms with Gasteiger partial charge in [0.2, 0.25) is 0 Å². The van der Waals surface area contributed by atoms with Crippen LogP contribution in [0, 0.1) is 0 Å². The van der Waals surface area contributed by atoms with E-state index in [4.69, 9.17) is 21.1 Å². The molecule has 0 unspecified atom stereocenters. The van der Waals surface area contributed by atoms with Crippen molar-refractivity contribution in [3.05, 3.63) is 47.7 Å². The smallest absolute Gasteiger partial charge is 0.322 e. The zero-order valence-corrected chi connectivity index (χ0v) is 17.5. The van der Waals surface area contributed by atoms with E-state index < -0.39 is 0 Å². The normalized spacial score (nSPS) is 14.0. The van der Waals surface area contributed by atoms with Crippen molar-refractivity contribution in [1.29, 1.82) is 0 Å². The lowest BCUT2D eigenvalue weighted by molar-refractivity contribution is 0.208. The molecule has 1 aliphatic heterocycles. The van der Waals surface area contributed by atoms with Gasteiger partial charge in [-0.1, -0.05) is 23.7 Å². The quantitative estimate of drug-likeness (QED) is 0.684. The van der Waals surface area contributed by atoms with Crippen LogP contribution in [-0.2, 0) is 0 Å². The molecule has 1 fully saturated rings. The molecule has 2 aromatic carbocycles. The summed E-state index contributed by atoms with van der Waals surface area (Å²) < 4.78 is 10.8. The number of para-hydroxylation sites is 1. The molecule has 4 rings (SSSR count). The second-order valence-electron chi connectivity index (χ2n) is 6.81. The largest absolute Gasteiger partial charge is 0.493 e. The maximum atomic E-state index is 12.6. The van der Waals surface area contributed by atoms with E-state index in [9.17, 15) is 4.79 Å². The number of carbonyl (C=O) groups excluding carboxylic acids is 1. The molecule has 0 aliphatic carbocycles. The number of amides is 2. The topological polar surface area (TPSA) is 79.8 Å². The Morgan fingerprint density at radius 1 is 1.03 bits per heavy atom. The monoisotopic (exact) mass is 427 g/mol. The average molecular weight is 428 g/mol. The highest BCUT2D eigenvalue weighted by atomic mass is 35.5. The molecular weight excluding hydrogens is 406 g/mol. The number of anilines is 2. The summed E-state index contributed by atoms with van der Waals surface area (Å²) in [4.78, 5) is 25.4. The lowest BCUT2D eigenvalue weighted by Crippen LogP contribution is -2.50. The third kappa shape index (κ3) is 3.91. The second-order valence-corrected chi connectivity index (χ2v) is 7.21. The van der Waals surface area contributed by atoms with Gasteiger partial charge in [-0.15, -0.1) is 0 Å². The Morgan fingerprint density at radius 2 is 1.73 bits per heavy atom. The van der Waals surface area contributed by atoms with Crippen molar-refractivity contribution >= 4 is 40.0 Å². The molecule has 2 amide bonds. The molecule has 1 N–H and O–H groups in total. The number of methoxy groups -OCH3 is 2. The van der Waals surface area contributed by atoms with Gasteiger partial charge < -0.3 is 24.6 Å². The van der Waals surface area contributed by atoms with Crippen LogP contribution in [-0.4, -0.2) is 61.3 Å². The first-order valence-corrected chi connectivity index (χ1v) is 9.90. The zero-order chi connectivity index (χ0) is 21.1. The van der Waals surface area contributed by atoms with E-state index in [0.717, 1.165) is 16.7 Å². The lowest BCUT2D eigenvalue weighted by Gasteiger charge is -2.35. The molecule has 156 valence electrons. The molecule has 9 heteroatoms. The van der Waals surface area contributed by atoms with E-state index in [1.54, 1.807) is 37.6 Å². The van der Waals surface area contributed by atoms with Crippen molar-refractivity contribution in [2.75, 3.05) is 50.6 Å². The molecule has 0 atom stereocenters. The van der Waals surface area contributed by atoms with Gasteiger partial charge >= 0.3 is 6.03 Å². The fourth-order valence-electron chi connectivity index (χ4n) is 3.50. The maximum absolute atomic E-state index is 12.6. The summed E-state index contributed by atoms with van der Waals surface area (Å²) in [5.74, 6) is 2.06. The van der Waals surface area contributed by atoms with Crippen LogP contribution < -0.4 is 19.7 Å². The number of hydrogen-bond acceptors (Lipinski definition) is 6. The first-order valence-electron chi connectivity index (χ1n) is 9.53. The molecule has 0 spiro atoms. The standard InChI is InChI=1S/C21H22ClN5O3/c1-29-18-11-14-17(12-19(18)30-2)23-13-24-20(14)26-7-9-27(10-8-26)21(28)25-16-6-4-3-5-15(16)22/h3-6,11-13H,7-10H2,1-2H3,(H,25,28). The highest BCUT2D eigenvalue weighted by Crippen LogP contribution is 2.35. The zero-order valence-electron chi connectivity index (χ0n) is 16.8. The predicted molar refractivity (Wildman–Crippen MR) is 117 cm³/mol. The third-order valence-corrected chi connectivity index (χ3v) is 5.43. The number of rotatable bonds is 4. The van der Waals surface area contributed by atoms with Gasteiger partial charge in [-0.2, -0.15) is 0 Å². The minimum atomic E-state index is -0.165. The molecule has 0 radical (unpaired) electrons. The fraction of sp³-hybridized carbons (Fsp3) is 0.286. The lowest BCUT2D eigenvalue weighted by atomic mass is 10.2. The summed E-state index contributed by atoms with van der Waals surface area (Å²) in [7, 11) is 3.20. The van der Waals surface area contributed by atoms with Gasteiger partial charge in [0.05, 0.1) is 30.4 Å². The highest BCUT2D eigenvalue weighted by Gasteiger charge is 2.24. The molecule has 0 saturated carbocycles. The second kappa shape index (κ2) is 8.62. The van der Waals surface area contributed by atoms with Crippen molar-refractivity contribution in [3.8, 4) is 11.5 Å². The van der Waals surface area contributed by atoms with Crippen LogP contribution in [0.4, 0.5) is 16.3 Å². The average Bonchev–Trinajstić information content (AvgIpc) is 2.79.